The standard InChI is InChI=1S/C14H15F3Si/c1-18(2,3)11-5-4-6-12-7-9-13(10-8-12)14(15,16)17/h4,6-10H,1-3H3/b6-4+. The maximum atomic E-state index is 12.3. The molecule has 96 valence electrons. The lowest BCUT2D eigenvalue weighted by molar-refractivity contribution is -0.137. The van der Waals surface area contributed by atoms with Crippen LogP contribution >= 0.6 is 0 Å². The SMILES string of the molecule is C[Si](C)(C)C#C/C=C/c1ccc(C(F)(F)F)cc1. The molecule has 0 aromatic heterocycles. The average molecular weight is 268 g/mol. The molecule has 0 aliphatic heterocycles. The monoisotopic (exact) mass is 268 g/mol. The number of halogens is 3. The smallest absolute Gasteiger partial charge is 0.166 e. The van der Waals surface area contributed by atoms with Crippen molar-refractivity contribution < 1.29 is 13.2 Å². The van der Waals surface area contributed by atoms with Crippen molar-refractivity contribution in [1.82, 2.24) is 0 Å². The van der Waals surface area contributed by atoms with Gasteiger partial charge in [-0.25, -0.2) is 0 Å². The van der Waals surface area contributed by atoms with Gasteiger partial charge in [-0.1, -0.05) is 37.7 Å². The Hall–Kier alpha value is -1.47. The number of allylic oxidation sites excluding steroid dienone is 1. The Bertz CT molecular complexity index is 479. The van der Waals surface area contributed by atoms with E-state index in [1.165, 1.54) is 12.1 Å². The summed E-state index contributed by atoms with van der Waals surface area (Å²) in [4.78, 5) is 0. The molecule has 0 saturated heterocycles. The minimum Gasteiger partial charge on any atom is -0.166 e. The summed E-state index contributed by atoms with van der Waals surface area (Å²) < 4.78 is 37.0. The highest BCUT2D eigenvalue weighted by molar-refractivity contribution is 6.83. The summed E-state index contributed by atoms with van der Waals surface area (Å²) >= 11 is 0. The van der Waals surface area contributed by atoms with Gasteiger partial charge in [-0.05, 0) is 29.8 Å². The van der Waals surface area contributed by atoms with Crippen LogP contribution in [-0.2, 0) is 6.18 Å². The molecule has 0 bridgehead atoms. The molecule has 1 rings (SSSR count). The van der Waals surface area contributed by atoms with Crippen molar-refractivity contribution in [3.05, 3.63) is 41.5 Å². The summed E-state index contributed by atoms with van der Waals surface area (Å²) in [5.74, 6) is 2.93. The third-order valence-corrected chi connectivity index (χ3v) is 2.94. The fraction of sp³-hybridized carbons (Fsp3) is 0.286. The van der Waals surface area contributed by atoms with Gasteiger partial charge in [-0.15, -0.1) is 5.54 Å². The fourth-order valence-corrected chi connectivity index (χ4v) is 1.70. The molecule has 4 heteroatoms. The van der Waals surface area contributed by atoms with E-state index in [4.69, 9.17) is 0 Å². The summed E-state index contributed by atoms with van der Waals surface area (Å²) in [6.45, 7) is 6.39. The quantitative estimate of drug-likeness (QED) is 0.516. The van der Waals surface area contributed by atoms with Crippen molar-refractivity contribution in [2.75, 3.05) is 0 Å². The molecule has 0 radical (unpaired) electrons. The van der Waals surface area contributed by atoms with Gasteiger partial charge in [0, 0.05) is 0 Å². The minimum absolute atomic E-state index is 0.632. The van der Waals surface area contributed by atoms with Crippen molar-refractivity contribution in [2.45, 2.75) is 25.8 Å². The molecule has 0 heterocycles. The Kier molecular flexibility index (Phi) is 4.41. The summed E-state index contributed by atoms with van der Waals surface area (Å²) in [5.41, 5.74) is 3.23. The van der Waals surface area contributed by atoms with Crippen LogP contribution in [0.1, 0.15) is 11.1 Å². The zero-order valence-corrected chi connectivity index (χ0v) is 11.6. The normalized spacial score (nSPS) is 12.3. The minimum atomic E-state index is -4.28. The molecule has 0 aliphatic rings. The molecule has 0 amide bonds. The maximum absolute atomic E-state index is 12.3. The highest BCUT2D eigenvalue weighted by atomic mass is 28.3. The molecule has 1 aromatic carbocycles. The molecule has 0 N–H and O–H groups in total. The first kappa shape index (κ1) is 14.6. The molecule has 0 fully saturated rings. The molecule has 0 unspecified atom stereocenters. The van der Waals surface area contributed by atoms with Crippen molar-refractivity contribution in [2.24, 2.45) is 0 Å². The zero-order valence-electron chi connectivity index (χ0n) is 10.6. The Labute approximate surface area is 107 Å². The summed E-state index contributed by atoms with van der Waals surface area (Å²) in [6.07, 6.45) is -0.881. The predicted octanol–water partition coefficient (Wildman–Crippen LogP) is 4.60. The van der Waals surface area contributed by atoms with Crippen LogP contribution in [0.15, 0.2) is 30.3 Å². The number of benzene rings is 1. The Balaban J connectivity index is 2.75. The molecule has 0 atom stereocenters. The van der Waals surface area contributed by atoms with Crippen molar-refractivity contribution in [3.63, 3.8) is 0 Å². The van der Waals surface area contributed by atoms with Crippen LogP contribution in [0, 0.1) is 11.5 Å². The Morgan fingerprint density at radius 2 is 1.61 bits per heavy atom. The average Bonchev–Trinajstić information content (AvgIpc) is 2.22. The molecule has 0 saturated carbocycles. The molecule has 0 aliphatic carbocycles. The first-order valence-corrected chi connectivity index (χ1v) is 9.05. The lowest BCUT2D eigenvalue weighted by atomic mass is 10.1. The fourth-order valence-electron chi connectivity index (χ4n) is 1.18. The molecular formula is C14H15F3Si. The first-order chi connectivity index (χ1) is 8.18. The van der Waals surface area contributed by atoms with Crippen LogP contribution < -0.4 is 0 Å². The third kappa shape index (κ3) is 5.24. The van der Waals surface area contributed by atoms with Gasteiger partial charge < -0.3 is 0 Å². The van der Waals surface area contributed by atoms with E-state index in [2.05, 4.69) is 31.1 Å². The summed E-state index contributed by atoms with van der Waals surface area (Å²) in [6, 6.07) is 5.03. The maximum Gasteiger partial charge on any atom is 0.416 e. The lowest BCUT2D eigenvalue weighted by Crippen LogP contribution is -2.16. The van der Waals surface area contributed by atoms with Gasteiger partial charge in [0.15, 0.2) is 0 Å². The number of rotatable bonds is 1. The molecule has 18 heavy (non-hydrogen) atoms. The number of hydrogen-bond donors (Lipinski definition) is 0. The lowest BCUT2D eigenvalue weighted by Gasteiger charge is -2.05. The number of hydrogen-bond acceptors (Lipinski definition) is 0. The van der Waals surface area contributed by atoms with E-state index in [-0.39, 0.29) is 0 Å². The molecule has 0 nitrogen and oxygen atoms in total. The van der Waals surface area contributed by atoms with Gasteiger partial charge in [-0.2, -0.15) is 13.2 Å². The highest BCUT2D eigenvalue weighted by Crippen LogP contribution is 2.29. The van der Waals surface area contributed by atoms with E-state index >= 15 is 0 Å². The van der Waals surface area contributed by atoms with Crippen molar-refractivity contribution in [3.8, 4) is 11.5 Å². The first-order valence-electron chi connectivity index (χ1n) is 5.55. The van der Waals surface area contributed by atoms with Crippen LogP contribution in [0.2, 0.25) is 19.6 Å². The van der Waals surface area contributed by atoms with E-state index in [0.29, 0.717) is 5.56 Å². The topological polar surface area (TPSA) is 0 Å². The van der Waals surface area contributed by atoms with Crippen molar-refractivity contribution in [1.29, 1.82) is 0 Å². The van der Waals surface area contributed by atoms with E-state index in [0.717, 1.165) is 12.1 Å². The van der Waals surface area contributed by atoms with Crippen LogP contribution in [-0.4, -0.2) is 8.07 Å². The van der Waals surface area contributed by atoms with Crippen LogP contribution in [0.3, 0.4) is 0 Å². The predicted molar refractivity (Wildman–Crippen MR) is 71.6 cm³/mol. The van der Waals surface area contributed by atoms with Gasteiger partial charge in [0.1, 0.15) is 8.07 Å². The number of alkyl halides is 3. The Morgan fingerprint density at radius 1 is 1.06 bits per heavy atom. The second kappa shape index (κ2) is 5.45. The molecule has 1 aromatic rings. The van der Waals surface area contributed by atoms with Crippen LogP contribution in [0.5, 0.6) is 0 Å². The Morgan fingerprint density at radius 3 is 2.06 bits per heavy atom. The van der Waals surface area contributed by atoms with E-state index in [9.17, 15) is 13.2 Å². The zero-order chi connectivity index (χ0) is 13.8. The van der Waals surface area contributed by atoms with E-state index < -0.39 is 19.8 Å². The molecule has 0 spiro atoms. The van der Waals surface area contributed by atoms with Crippen molar-refractivity contribution >= 4 is 14.1 Å². The second-order valence-electron chi connectivity index (χ2n) is 4.97. The largest absolute Gasteiger partial charge is 0.416 e. The van der Waals surface area contributed by atoms with Gasteiger partial charge in [-0.3, -0.25) is 0 Å². The van der Waals surface area contributed by atoms with Gasteiger partial charge in [0.05, 0.1) is 5.56 Å². The van der Waals surface area contributed by atoms with Gasteiger partial charge >= 0.3 is 6.18 Å². The van der Waals surface area contributed by atoms with Gasteiger partial charge in [0.25, 0.3) is 0 Å². The third-order valence-electron chi connectivity index (χ3n) is 2.04. The van der Waals surface area contributed by atoms with Crippen LogP contribution in [0.25, 0.3) is 6.08 Å². The second-order valence-corrected chi connectivity index (χ2v) is 9.72. The van der Waals surface area contributed by atoms with E-state index in [1.54, 1.807) is 12.2 Å². The highest BCUT2D eigenvalue weighted by Gasteiger charge is 2.29. The summed E-state index contributed by atoms with van der Waals surface area (Å²) in [7, 11) is -1.39. The summed E-state index contributed by atoms with van der Waals surface area (Å²) in [5, 5.41) is 0. The molecular weight excluding hydrogens is 253 g/mol. The van der Waals surface area contributed by atoms with Gasteiger partial charge in [0.2, 0.25) is 0 Å². The van der Waals surface area contributed by atoms with E-state index in [1.807, 2.05) is 0 Å². The van der Waals surface area contributed by atoms with Crippen LogP contribution in [0.4, 0.5) is 13.2 Å².